The minimum atomic E-state index is -4.18. The number of rotatable bonds is 6. The smallest absolute Gasteiger partial charge is 0.390 e. The molecule has 1 fully saturated rings. The number of ether oxygens (including phenoxy) is 1. The van der Waals surface area contributed by atoms with Crippen LogP contribution in [0, 0.1) is 5.41 Å². The Labute approximate surface area is 123 Å². The number of guanidine groups is 1. The van der Waals surface area contributed by atoms with Crippen LogP contribution in [-0.4, -0.2) is 56.7 Å². The fourth-order valence-electron chi connectivity index (χ4n) is 2.08. The molecule has 1 saturated heterocycles. The monoisotopic (exact) mass is 311 g/mol. The zero-order valence-corrected chi connectivity index (χ0v) is 12.3. The van der Waals surface area contributed by atoms with Crippen molar-refractivity contribution in [2.75, 3.05) is 39.5 Å². The molecule has 0 amide bonds. The lowest BCUT2D eigenvalue weighted by atomic mass is 9.81. The molecule has 0 spiro atoms. The lowest BCUT2D eigenvalue weighted by molar-refractivity contribution is -0.132. The van der Waals surface area contributed by atoms with Crippen LogP contribution in [-0.2, 0) is 4.74 Å². The highest BCUT2D eigenvalue weighted by molar-refractivity contribution is 5.79. The second-order valence-electron chi connectivity index (χ2n) is 5.26. The van der Waals surface area contributed by atoms with Crippen LogP contribution in [0.1, 0.15) is 26.2 Å². The van der Waals surface area contributed by atoms with E-state index in [1.54, 1.807) is 0 Å². The molecule has 1 rings (SSSR count). The van der Waals surface area contributed by atoms with Crippen LogP contribution in [0.3, 0.4) is 0 Å². The summed E-state index contributed by atoms with van der Waals surface area (Å²) in [7, 11) is 0. The quantitative estimate of drug-likeness (QED) is 0.511. The molecule has 0 aromatic carbocycles. The van der Waals surface area contributed by atoms with Crippen molar-refractivity contribution in [2.45, 2.75) is 32.4 Å². The maximum absolute atomic E-state index is 12.1. The molecule has 124 valence electrons. The highest BCUT2D eigenvalue weighted by atomic mass is 19.4. The van der Waals surface area contributed by atoms with Gasteiger partial charge in [0.05, 0.1) is 19.6 Å². The first-order valence-electron chi connectivity index (χ1n) is 7.18. The number of halogens is 3. The minimum absolute atomic E-state index is 0.00180. The summed E-state index contributed by atoms with van der Waals surface area (Å²) < 4.78 is 41.7. The van der Waals surface area contributed by atoms with E-state index in [4.69, 9.17) is 4.74 Å². The summed E-state index contributed by atoms with van der Waals surface area (Å²) in [6.45, 7) is 3.72. The van der Waals surface area contributed by atoms with Crippen LogP contribution in [0.25, 0.3) is 0 Å². The highest BCUT2D eigenvalue weighted by Gasteiger charge is 2.32. The number of aliphatic hydroxyl groups is 1. The summed E-state index contributed by atoms with van der Waals surface area (Å²) in [5.41, 5.74) is -0.329. The third kappa shape index (κ3) is 6.99. The van der Waals surface area contributed by atoms with Gasteiger partial charge >= 0.3 is 6.18 Å². The van der Waals surface area contributed by atoms with Crippen molar-refractivity contribution in [3.8, 4) is 0 Å². The first-order valence-corrected chi connectivity index (χ1v) is 7.18. The number of nitrogens with one attached hydrogen (secondary N) is 2. The SMILES string of the molecule is CCNC(=NCC1(CO)CCOCC1)NCCC(F)(F)F. The lowest BCUT2D eigenvalue weighted by Crippen LogP contribution is -2.41. The molecule has 1 aliphatic heterocycles. The van der Waals surface area contributed by atoms with E-state index < -0.39 is 12.6 Å². The van der Waals surface area contributed by atoms with Crippen molar-refractivity contribution in [2.24, 2.45) is 10.4 Å². The standard InChI is InChI=1S/C13H24F3N3O2/c1-2-17-11(18-6-3-13(14,15)16)19-9-12(10-20)4-7-21-8-5-12/h20H,2-10H2,1H3,(H2,17,18,19). The second-order valence-corrected chi connectivity index (χ2v) is 5.26. The van der Waals surface area contributed by atoms with Gasteiger partial charge in [0, 0.05) is 31.7 Å². The van der Waals surface area contributed by atoms with Crippen LogP contribution in [0.5, 0.6) is 0 Å². The lowest BCUT2D eigenvalue weighted by Gasteiger charge is -2.34. The first kappa shape index (κ1) is 18.0. The van der Waals surface area contributed by atoms with E-state index in [9.17, 15) is 18.3 Å². The zero-order valence-electron chi connectivity index (χ0n) is 12.3. The van der Waals surface area contributed by atoms with Crippen molar-refractivity contribution in [1.29, 1.82) is 0 Å². The van der Waals surface area contributed by atoms with E-state index in [1.165, 1.54) is 0 Å². The Bertz CT molecular complexity index is 329. The molecule has 0 aliphatic carbocycles. The molecule has 0 unspecified atom stereocenters. The Balaban J connectivity index is 2.53. The molecule has 3 N–H and O–H groups in total. The number of aliphatic hydroxyl groups excluding tert-OH is 1. The van der Waals surface area contributed by atoms with Gasteiger partial charge in [-0.25, -0.2) is 0 Å². The molecule has 0 aromatic rings. The molecule has 0 saturated carbocycles. The van der Waals surface area contributed by atoms with Crippen LogP contribution in [0.15, 0.2) is 4.99 Å². The summed E-state index contributed by atoms with van der Waals surface area (Å²) in [5, 5.41) is 15.1. The normalized spacial score (nSPS) is 19.4. The van der Waals surface area contributed by atoms with Crippen molar-refractivity contribution < 1.29 is 23.0 Å². The third-order valence-corrected chi connectivity index (χ3v) is 3.51. The minimum Gasteiger partial charge on any atom is -0.396 e. The Morgan fingerprint density at radius 2 is 1.95 bits per heavy atom. The summed E-state index contributed by atoms with van der Waals surface area (Å²) in [5.74, 6) is 0.348. The molecule has 0 radical (unpaired) electrons. The van der Waals surface area contributed by atoms with E-state index in [-0.39, 0.29) is 18.6 Å². The average Bonchev–Trinajstić information content (AvgIpc) is 2.44. The molecule has 0 bridgehead atoms. The van der Waals surface area contributed by atoms with Gasteiger partial charge in [0.15, 0.2) is 5.96 Å². The Morgan fingerprint density at radius 3 is 2.48 bits per heavy atom. The van der Waals surface area contributed by atoms with Gasteiger partial charge in [0.2, 0.25) is 0 Å². The predicted octanol–water partition coefficient (Wildman–Crippen LogP) is 1.28. The van der Waals surface area contributed by atoms with E-state index >= 15 is 0 Å². The molecule has 1 heterocycles. The van der Waals surface area contributed by atoms with Crippen molar-refractivity contribution in [1.82, 2.24) is 10.6 Å². The number of hydrogen-bond acceptors (Lipinski definition) is 3. The molecule has 1 aliphatic rings. The van der Waals surface area contributed by atoms with Gasteiger partial charge in [0.1, 0.15) is 0 Å². The van der Waals surface area contributed by atoms with Crippen LogP contribution >= 0.6 is 0 Å². The summed E-state index contributed by atoms with van der Waals surface area (Å²) in [6, 6.07) is 0. The van der Waals surface area contributed by atoms with Gasteiger partial charge in [-0.1, -0.05) is 0 Å². The summed E-state index contributed by atoms with van der Waals surface area (Å²) in [6.07, 6.45) is -3.68. The molecule has 5 nitrogen and oxygen atoms in total. The Morgan fingerprint density at radius 1 is 1.29 bits per heavy atom. The Hall–Kier alpha value is -1.02. The van der Waals surface area contributed by atoms with Crippen LogP contribution in [0.4, 0.5) is 13.2 Å². The van der Waals surface area contributed by atoms with Gasteiger partial charge in [-0.15, -0.1) is 0 Å². The van der Waals surface area contributed by atoms with Crippen molar-refractivity contribution >= 4 is 5.96 Å². The number of nitrogens with zero attached hydrogens (tertiary/aromatic N) is 1. The van der Waals surface area contributed by atoms with E-state index in [0.29, 0.717) is 45.1 Å². The van der Waals surface area contributed by atoms with Crippen molar-refractivity contribution in [3.05, 3.63) is 0 Å². The highest BCUT2D eigenvalue weighted by Crippen LogP contribution is 2.30. The van der Waals surface area contributed by atoms with E-state index in [0.717, 1.165) is 0 Å². The zero-order chi connectivity index (χ0) is 15.8. The molecular formula is C13H24F3N3O2. The molecule has 0 atom stereocenters. The largest absolute Gasteiger partial charge is 0.396 e. The second kappa shape index (κ2) is 8.43. The predicted molar refractivity (Wildman–Crippen MR) is 74.2 cm³/mol. The van der Waals surface area contributed by atoms with Gasteiger partial charge in [-0.3, -0.25) is 4.99 Å². The van der Waals surface area contributed by atoms with Crippen molar-refractivity contribution in [3.63, 3.8) is 0 Å². The molecule has 21 heavy (non-hydrogen) atoms. The van der Waals surface area contributed by atoms with Crippen LogP contribution in [0.2, 0.25) is 0 Å². The fourth-order valence-corrected chi connectivity index (χ4v) is 2.08. The number of alkyl halides is 3. The number of aliphatic imine (C=N–C) groups is 1. The Kier molecular flexibility index (Phi) is 7.24. The van der Waals surface area contributed by atoms with Gasteiger partial charge in [0.25, 0.3) is 0 Å². The summed E-state index contributed by atoms with van der Waals surface area (Å²) in [4.78, 5) is 4.31. The maximum Gasteiger partial charge on any atom is 0.390 e. The average molecular weight is 311 g/mol. The first-order chi connectivity index (χ1) is 9.91. The van der Waals surface area contributed by atoms with E-state index in [2.05, 4.69) is 15.6 Å². The number of hydrogen-bond donors (Lipinski definition) is 3. The molecule has 0 aromatic heterocycles. The van der Waals surface area contributed by atoms with Gasteiger partial charge in [-0.05, 0) is 19.8 Å². The summed E-state index contributed by atoms with van der Waals surface area (Å²) >= 11 is 0. The van der Waals surface area contributed by atoms with Crippen LogP contribution < -0.4 is 10.6 Å². The van der Waals surface area contributed by atoms with Gasteiger partial charge < -0.3 is 20.5 Å². The van der Waals surface area contributed by atoms with E-state index in [1.807, 2.05) is 6.92 Å². The molecule has 8 heteroatoms. The maximum atomic E-state index is 12.1. The molecular weight excluding hydrogens is 287 g/mol. The topological polar surface area (TPSA) is 65.9 Å². The fraction of sp³-hybridized carbons (Fsp3) is 0.923. The third-order valence-electron chi connectivity index (χ3n) is 3.51. The van der Waals surface area contributed by atoms with Gasteiger partial charge in [-0.2, -0.15) is 13.2 Å².